The number of methoxy groups -OCH3 is 1. The van der Waals surface area contributed by atoms with E-state index >= 15 is 0 Å². The SMILES string of the molecule is CO[C@@H]1CN(c2ccnc(N)n2)C[C@@H]1NC(=O)CC1CC(C)(C)C1. The Morgan fingerprint density at radius 3 is 2.83 bits per heavy atom. The summed E-state index contributed by atoms with van der Waals surface area (Å²) in [4.78, 5) is 22.6. The number of nitrogens with two attached hydrogens (primary N) is 1. The Morgan fingerprint density at radius 2 is 2.21 bits per heavy atom. The molecule has 132 valence electrons. The van der Waals surface area contributed by atoms with E-state index in [2.05, 4.69) is 34.0 Å². The average Bonchev–Trinajstić information content (AvgIpc) is 2.88. The van der Waals surface area contributed by atoms with Gasteiger partial charge in [0.25, 0.3) is 0 Å². The minimum Gasteiger partial charge on any atom is -0.377 e. The van der Waals surface area contributed by atoms with Crippen LogP contribution in [0.2, 0.25) is 0 Å². The second kappa shape index (κ2) is 6.55. The summed E-state index contributed by atoms with van der Waals surface area (Å²) in [5.41, 5.74) is 6.06. The number of anilines is 2. The summed E-state index contributed by atoms with van der Waals surface area (Å²) in [5, 5.41) is 3.14. The van der Waals surface area contributed by atoms with Crippen molar-refractivity contribution in [3.63, 3.8) is 0 Å². The maximum Gasteiger partial charge on any atom is 0.221 e. The highest BCUT2D eigenvalue weighted by Gasteiger charge is 2.39. The second-order valence-electron chi connectivity index (χ2n) is 7.77. The molecule has 2 fully saturated rings. The van der Waals surface area contributed by atoms with Gasteiger partial charge in [-0.15, -0.1) is 0 Å². The van der Waals surface area contributed by atoms with Crippen molar-refractivity contribution < 1.29 is 9.53 Å². The van der Waals surface area contributed by atoms with E-state index in [4.69, 9.17) is 10.5 Å². The molecule has 3 N–H and O–H groups in total. The lowest BCUT2D eigenvalue weighted by Crippen LogP contribution is -2.45. The number of aromatic nitrogens is 2. The van der Waals surface area contributed by atoms with Crippen LogP contribution >= 0.6 is 0 Å². The lowest BCUT2D eigenvalue weighted by molar-refractivity contribution is -0.124. The fraction of sp³-hybridized carbons (Fsp3) is 0.706. The van der Waals surface area contributed by atoms with Crippen LogP contribution < -0.4 is 16.0 Å². The lowest BCUT2D eigenvalue weighted by atomic mass is 9.63. The number of nitrogens with one attached hydrogen (secondary N) is 1. The summed E-state index contributed by atoms with van der Waals surface area (Å²) in [6, 6.07) is 1.79. The van der Waals surface area contributed by atoms with Gasteiger partial charge in [0.15, 0.2) is 0 Å². The molecule has 1 aliphatic carbocycles. The van der Waals surface area contributed by atoms with E-state index in [-0.39, 0.29) is 24.0 Å². The molecule has 0 unspecified atom stereocenters. The largest absolute Gasteiger partial charge is 0.377 e. The molecular formula is C17H27N5O2. The average molecular weight is 333 g/mol. The lowest BCUT2D eigenvalue weighted by Gasteiger charge is -2.42. The predicted molar refractivity (Wildman–Crippen MR) is 92.5 cm³/mol. The number of nitrogens with zero attached hydrogens (tertiary/aromatic N) is 3. The number of rotatable bonds is 5. The van der Waals surface area contributed by atoms with Crippen LogP contribution in [0.3, 0.4) is 0 Å². The smallest absolute Gasteiger partial charge is 0.221 e. The summed E-state index contributed by atoms with van der Waals surface area (Å²) >= 11 is 0. The third-order valence-electron chi connectivity index (χ3n) is 5.06. The molecule has 1 aromatic heterocycles. The van der Waals surface area contributed by atoms with Gasteiger partial charge >= 0.3 is 0 Å². The molecule has 1 aromatic rings. The highest BCUT2D eigenvalue weighted by Crippen LogP contribution is 2.46. The van der Waals surface area contributed by atoms with E-state index in [0.717, 1.165) is 18.7 Å². The highest BCUT2D eigenvalue weighted by atomic mass is 16.5. The van der Waals surface area contributed by atoms with Crippen LogP contribution in [-0.2, 0) is 9.53 Å². The Kier molecular flexibility index (Phi) is 4.62. The van der Waals surface area contributed by atoms with Crippen molar-refractivity contribution in [2.75, 3.05) is 30.8 Å². The maximum absolute atomic E-state index is 12.3. The maximum atomic E-state index is 12.3. The summed E-state index contributed by atoms with van der Waals surface area (Å²) < 4.78 is 5.55. The topological polar surface area (TPSA) is 93.4 Å². The van der Waals surface area contributed by atoms with Crippen molar-refractivity contribution in [1.82, 2.24) is 15.3 Å². The minimum absolute atomic E-state index is 0.0354. The summed E-state index contributed by atoms with van der Waals surface area (Å²) in [5.74, 6) is 1.65. The number of nitrogen functional groups attached to an aromatic ring is 1. The number of ether oxygens (including phenoxy) is 1. The molecule has 24 heavy (non-hydrogen) atoms. The molecule has 2 heterocycles. The van der Waals surface area contributed by atoms with E-state index in [1.807, 2.05) is 6.07 Å². The normalized spacial score (nSPS) is 26.2. The van der Waals surface area contributed by atoms with E-state index in [1.54, 1.807) is 13.3 Å². The first-order chi connectivity index (χ1) is 11.4. The third kappa shape index (κ3) is 3.77. The van der Waals surface area contributed by atoms with Gasteiger partial charge < -0.3 is 20.7 Å². The van der Waals surface area contributed by atoms with Crippen molar-refractivity contribution in [3.05, 3.63) is 12.3 Å². The van der Waals surface area contributed by atoms with E-state index in [1.165, 1.54) is 0 Å². The Labute approximate surface area is 143 Å². The molecule has 0 spiro atoms. The fourth-order valence-electron chi connectivity index (χ4n) is 4.05. The number of hydrogen-bond donors (Lipinski definition) is 2. The molecule has 1 saturated carbocycles. The van der Waals surface area contributed by atoms with Crippen molar-refractivity contribution >= 4 is 17.7 Å². The first-order valence-corrected chi connectivity index (χ1v) is 8.52. The number of carbonyl (C=O) groups excluding carboxylic acids is 1. The Bertz CT molecular complexity index is 598. The molecular weight excluding hydrogens is 306 g/mol. The zero-order valence-electron chi connectivity index (χ0n) is 14.7. The van der Waals surface area contributed by atoms with E-state index in [0.29, 0.717) is 30.8 Å². The van der Waals surface area contributed by atoms with Crippen LogP contribution in [-0.4, -0.2) is 48.2 Å². The second-order valence-corrected chi connectivity index (χ2v) is 7.77. The zero-order valence-corrected chi connectivity index (χ0v) is 14.7. The minimum atomic E-state index is -0.0528. The van der Waals surface area contributed by atoms with Crippen LogP contribution in [0.4, 0.5) is 11.8 Å². The van der Waals surface area contributed by atoms with Gasteiger partial charge in [-0.1, -0.05) is 13.8 Å². The number of carbonyl (C=O) groups is 1. The fourth-order valence-corrected chi connectivity index (χ4v) is 4.05. The number of hydrogen-bond acceptors (Lipinski definition) is 6. The first-order valence-electron chi connectivity index (χ1n) is 8.52. The molecule has 0 radical (unpaired) electrons. The Balaban J connectivity index is 1.56. The van der Waals surface area contributed by atoms with Gasteiger partial charge in [-0.3, -0.25) is 4.79 Å². The van der Waals surface area contributed by atoms with Gasteiger partial charge in [0.05, 0.1) is 12.1 Å². The van der Waals surface area contributed by atoms with Crippen LogP contribution in [0.1, 0.15) is 33.1 Å². The first kappa shape index (κ1) is 17.0. The van der Waals surface area contributed by atoms with E-state index in [9.17, 15) is 4.79 Å². The van der Waals surface area contributed by atoms with Crippen LogP contribution in [0.5, 0.6) is 0 Å². The van der Waals surface area contributed by atoms with Crippen LogP contribution in [0.25, 0.3) is 0 Å². The van der Waals surface area contributed by atoms with Crippen LogP contribution in [0, 0.1) is 11.3 Å². The Hall–Kier alpha value is -1.89. The standard InChI is InChI=1S/C17H27N5O2/c1-17(2)7-11(8-17)6-15(23)20-12-9-22(10-13(12)24-3)14-4-5-19-16(18)21-14/h4-5,11-13H,6-10H2,1-3H3,(H,20,23)(H2,18,19,21)/t12-,13+/m0/s1. The van der Waals surface area contributed by atoms with Gasteiger partial charge in [0.1, 0.15) is 5.82 Å². The van der Waals surface area contributed by atoms with E-state index < -0.39 is 0 Å². The van der Waals surface area contributed by atoms with Gasteiger partial charge in [0.2, 0.25) is 11.9 Å². The molecule has 2 aliphatic rings. The highest BCUT2D eigenvalue weighted by molar-refractivity contribution is 5.77. The molecule has 3 rings (SSSR count). The van der Waals surface area contributed by atoms with Gasteiger partial charge in [-0.25, -0.2) is 4.98 Å². The van der Waals surface area contributed by atoms with Gasteiger partial charge in [0, 0.05) is 32.8 Å². The summed E-state index contributed by atoms with van der Waals surface area (Å²) in [7, 11) is 1.68. The summed E-state index contributed by atoms with van der Waals surface area (Å²) in [6.07, 6.45) is 4.46. The van der Waals surface area contributed by atoms with Gasteiger partial charge in [-0.2, -0.15) is 4.98 Å². The third-order valence-corrected chi connectivity index (χ3v) is 5.06. The number of amides is 1. The van der Waals surface area contributed by atoms with Crippen LogP contribution in [0.15, 0.2) is 12.3 Å². The predicted octanol–water partition coefficient (Wildman–Crippen LogP) is 1.20. The van der Waals surface area contributed by atoms with Crippen molar-refractivity contribution in [2.24, 2.45) is 11.3 Å². The molecule has 0 aromatic carbocycles. The summed E-state index contributed by atoms with van der Waals surface area (Å²) in [6.45, 7) is 5.85. The van der Waals surface area contributed by atoms with Crippen molar-refractivity contribution in [3.8, 4) is 0 Å². The molecule has 2 atom stereocenters. The van der Waals surface area contributed by atoms with Gasteiger partial charge in [-0.05, 0) is 30.2 Å². The molecule has 1 aliphatic heterocycles. The van der Waals surface area contributed by atoms with Crippen molar-refractivity contribution in [2.45, 2.75) is 45.3 Å². The molecule has 7 nitrogen and oxygen atoms in total. The molecule has 0 bridgehead atoms. The zero-order chi connectivity index (χ0) is 17.3. The molecule has 7 heteroatoms. The molecule has 1 saturated heterocycles. The Morgan fingerprint density at radius 1 is 1.46 bits per heavy atom. The quantitative estimate of drug-likeness (QED) is 0.841. The van der Waals surface area contributed by atoms with Crippen molar-refractivity contribution in [1.29, 1.82) is 0 Å². The molecule has 1 amide bonds. The monoisotopic (exact) mass is 333 g/mol.